The molecule has 0 bridgehead atoms. The van der Waals surface area contributed by atoms with Gasteiger partial charge in [0.1, 0.15) is 10.7 Å². The van der Waals surface area contributed by atoms with Gasteiger partial charge in [-0.1, -0.05) is 36.9 Å². The Kier molecular flexibility index (Phi) is 6.00. The van der Waals surface area contributed by atoms with E-state index in [1.54, 1.807) is 24.3 Å². The van der Waals surface area contributed by atoms with Gasteiger partial charge in [0, 0.05) is 38.1 Å². The molecule has 180 valence electrons. The van der Waals surface area contributed by atoms with Crippen molar-refractivity contribution in [1.82, 2.24) is 18.5 Å². The summed E-state index contributed by atoms with van der Waals surface area (Å²) in [5.74, 6) is -0.313. The lowest BCUT2D eigenvalue weighted by atomic mass is 10.1. The van der Waals surface area contributed by atoms with Gasteiger partial charge in [0.25, 0.3) is 0 Å². The molecular formula is C25H24FN5O3S. The summed E-state index contributed by atoms with van der Waals surface area (Å²) in [6, 6.07) is 16.7. The van der Waals surface area contributed by atoms with Crippen LogP contribution in [0.25, 0.3) is 11.7 Å². The maximum atomic E-state index is 13.5. The molecule has 1 saturated heterocycles. The second-order valence-electron chi connectivity index (χ2n) is 8.32. The number of hydrogen-bond donors (Lipinski definition) is 0. The van der Waals surface area contributed by atoms with Crippen molar-refractivity contribution in [2.45, 2.75) is 11.4 Å². The van der Waals surface area contributed by atoms with E-state index in [1.807, 2.05) is 29.2 Å². The van der Waals surface area contributed by atoms with Gasteiger partial charge in [0.2, 0.25) is 10.0 Å². The summed E-state index contributed by atoms with van der Waals surface area (Å²) in [6.45, 7) is 5.42. The van der Waals surface area contributed by atoms with Crippen molar-refractivity contribution in [2.24, 2.45) is 0 Å². The Morgan fingerprint density at radius 2 is 1.66 bits per heavy atom. The quantitative estimate of drug-likeness (QED) is 0.413. The van der Waals surface area contributed by atoms with E-state index in [2.05, 4.69) is 11.7 Å². The molecule has 0 aliphatic carbocycles. The Morgan fingerprint density at radius 3 is 2.31 bits per heavy atom. The van der Waals surface area contributed by atoms with Gasteiger partial charge in [0.15, 0.2) is 5.65 Å². The smallest absolute Gasteiger partial charge is 0.350 e. The minimum absolute atomic E-state index is 0.00640. The van der Waals surface area contributed by atoms with Gasteiger partial charge in [-0.3, -0.25) is 0 Å². The molecule has 1 aliphatic heterocycles. The minimum Gasteiger partial charge on any atom is -0.369 e. The highest BCUT2D eigenvalue weighted by Crippen LogP contribution is 2.23. The van der Waals surface area contributed by atoms with E-state index in [0.29, 0.717) is 13.1 Å². The van der Waals surface area contributed by atoms with E-state index >= 15 is 0 Å². The Hall–Kier alpha value is -3.76. The van der Waals surface area contributed by atoms with E-state index in [-0.39, 0.29) is 36.0 Å². The second-order valence-corrected chi connectivity index (χ2v) is 10.2. The SMILES string of the molecule is C=Cc1ccc(Cn2nc3c(S(=O)(=O)N4CCN(c5ccc(F)cc5)CC4)cccn3c2=O)cc1. The highest BCUT2D eigenvalue weighted by Gasteiger charge is 2.31. The standard InChI is InChI=1S/C25H24FN5O3S/c1-2-19-5-7-20(8-6-19)18-31-25(32)30-13-3-4-23(24(30)27-31)35(33,34)29-16-14-28(15-17-29)22-11-9-21(26)10-12-22/h2-13H,1,14-18H2. The maximum absolute atomic E-state index is 13.5. The average molecular weight is 494 g/mol. The van der Waals surface area contributed by atoms with Crippen LogP contribution in [0.5, 0.6) is 0 Å². The molecule has 4 aromatic rings. The van der Waals surface area contributed by atoms with Crippen LogP contribution in [0.15, 0.2) is 83.1 Å². The topological polar surface area (TPSA) is 79.9 Å². The number of hydrogen-bond acceptors (Lipinski definition) is 5. The molecule has 0 spiro atoms. The lowest BCUT2D eigenvalue weighted by molar-refractivity contribution is 0.385. The van der Waals surface area contributed by atoms with E-state index in [4.69, 9.17) is 0 Å². The van der Waals surface area contributed by atoms with Gasteiger partial charge in [0.05, 0.1) is 6.54 Å². The van der Waals surface area contributed by atoms with E-state index < -0.39 is 15.7 Å². The monoisotopic (exact) mass is 493 g/mol. The molecule has 0 N–H and O–H groups in total. The summed E-state index contributed by atoms with van der Waals surface area (Å²) in [6.07, 6.45) is 3.25. The van der Waals surface area contributed by atoms with Crippen LogP contribution in [0.1, 0.15) is 11.1 Å². The summed E-state index contributed by atoms with van der Waals surface area (Å²) in [7, 11) is -3.89. The predicted molar refractivity (Wildman–Crippen MR) is 132 cm³/mol. The molecule has 0 saturated carbocycles. The summed E-state index contributed by atoms with van der Waals surface area (Å²) < 4.78 is 44.2. The number of halogens is 1. The zero-order valence-electron chi connectivity index (χ0n) is 18.9. The third-order valence-electron chi connectivity index (χ3n) is 6.17. The first-order chi connectivity index (χ1) is 16.9. The summed E-state index contributed by atoms with van der Waals surface area (Å²) in [5.41, 5.74) is 2.36. The van der Waals surface area contributed by atoms with Crippen molar-refractivity contribution in [3.63, 3.8) is 0 Å². The zero-order chi connectivity index (χ0) is 24.6. The lowest BCUT2D eigenvalue weighted by Crippen LogP contribution is -2.48. The Bertz CT molecular complexity index is 1540. The molecule has 0 radical (unpaired) electrons. The molecule has 2 aromatic heterocycles. The third-order valence-corrected chi connectivity index (χ3v) is 8.09. The predicted octanol–water partition coefficient (Wildman–Crippen LogP) is 2.84. The fourth-order valence-corrected chi connectivity index (χ4v) is 5.77. The molecule has 1 fully saturated rings. The van der Waals surface area contributed by atoms with E-state index in [9.17, 15) is 17.6 Å². The van der Waals surface area contributed by atoms with E-state index in [1.165, 1.54) is 37.8 Å². The lowest BCUT2D eigenvalue weighted by Gasteiger charge is -2.35. The molecule has 2 aromatic carbocycles. The van der Waals surface area contributed by atoms with Crippen LogP contribution >= 0.6 is 0 Å². The van der Waals surface area contributed by atoms with Gasteiger partial charge < -0.3 is 4.90 Å². The van der Waals surface area contributed by atoms with Crippen LogP contribution in [0.2, 0.25) is 0 Å². The number of aromatic nitrogens is 3. The molecule has 10 heteroatoms. The Balaban J connectivity index is 1.40. The number of anilines is 1. The molecule has 5 rings (SSSR count). The number of fused-ring (bicyclic) bond motifs is 1. The van der Waals surface area contributed by atoms with Crippen molar-refractivity contribution in [3.8, 4) is 0 Å². The number of rotatable bonds is 6. The van der Waals surface area contributed by atoms with Crippen molar-refractivity contribution in [1.29, 1.82) is 0 Å². The number of pyridine rings is 1. The van der Waals surface area contributed by atoms with E-state index in [0.717, 1.165) is 16.8 Å². The van der Waals surface area contributed by atoms with Crippen molar-refractivity contribution < 1.29 is 12.8 Å². The second kappa shape index (κ2) is 9.12. The first-order valence-electron chi connectivity index (χ1n) is 11.2. The van der Waals surface area contributed by atoms with Crippen LogP contribution in [-0.2, 0) is 16.6 Å². The van der Waals surface area contributed by atoms with Crippen LogP contribution in [-0.4, -0.2) is 53.1 Å². The molecule has 35 heavy (non-hydrogen) atoms. The van der Waals surface area contributed by atoms with Crippen molar-refractivity contribution >= 4 is 27.4 Å². The molecule has 0 atom stereocenters. The van der Waals surface area contributed by atoms with Crippen LogP contribution in [0.3, 0.4) is 0 Å². The van der Waals surface area contributed by atoms with Gasteiger partial charge in [-0.05, 0) is 47.5 Å². The van der Waals surface area contributed by atoms with Crippen molar-refractivity contribution in [3.05, 3.63) is 101 Å². The Labute approximate surface area is 202 Å². The fraction of sp³-hybridized carbons (Fsp3) is 0.200. The largest absolute Gasteiger partial charge is 0.369 e. The molecular weight excluding hydrogens is 469 g/mol. The fourth-order valence-electron chi connectivity index (χ4n) is 4.23. The van der Waals surface area contributed by atoms with Gasteiger partial charge in [-0.15, -0.1) is 5.10 Å². The highest BCUT2D eigenvalue weighted by atomic mass is 32.2. The summed E-state index contributed by atoms with van der Waals surface area (Å²) in [5, 5.41) is 4.38. The van der Waals surface area contributed by atoms with Crippen molar-refractivity contribution in [2.75, 3.05) is 31.1 Å². The first kappa shape index (κ1) is 23.0. The summed E-state index contributed by atoms with van der Waals surface area (Å²) in [4.78, 5) is 15.0. The number of benzene rings is 2. The molecule has 0 unspecified atom stereocenters. The Morgan fingerprint density at radius 1 is 0.971 bits per heavy atom. The molecule has 0 amide bonds. The van der Waals surface area contributed by atoms with Gasteiger partial charge in [-0.2, -0.15) is 4.31 Å². The first-order valence-corrected chi connectivity index (χ1v) is 12.6. The minimum atomic E-state index is -3.89. The zero-order valence-corrected chi connectivity index (χ0v) is 19.7. The molecule has 3 heterocycles. The maximum Gasteiger partial charge on any atom is 0.350 e. The molecule has 1 aliphatic rings. The number of sulfonamides is 1. The number of nitrogens with zero attached hydrogens (tertiary/aromatic N) is 5. The van der Waals surface area contributed by atoms with Crippen LogP contribution < -0.4 is 10.6 Å². The average Bonchev–Trinajstić information content (AvgIpc) is 3.20. The number of piperazine rings is 1. The van der Waals surface area contributed by atoms with Gasteiger partial charge in [-0.25, -0.2) is 26.7 Å². The normalized spacial score (nSPS) is 14.9. The van der Waals surface area contributed by atoms with Gasteiger partial charge >= 0.3 is 5.69 Å². The van der Waals surface area contributed by atoms with Crippen LogP contribution in [0.4, 0.5) is 10.1 Å². The summed E-state index contributed by atoms with van der Waals surface area (Å²) >= 11 is 0. The molecule has 8 nitrogen and oxygen atoms in total. The highest BCUT2D eigenvalue weighted by molar-refractivity contribution is 7.89. The third kappa shape index (κ3) is 4.38. The van der Waals surface area contributed by atoms with Crippen LogP contribution in [0, 0.1) is 5.82 Å².